The molecule has 0 bridgehead atoms. The summed E-state index contributed by atoms with van der Waals surface area (Å²) in [6.07, 6.45) is 3.06. The molecule has 2 rings (SSSR count). The highest BCUT2D eigenvalue weighted by molar-refractivity contribution is 5.77. The molecular formula is C30H54N4O9. The van der Waals surface area contributed by atoms with Crippen molar-refractivity contribution in [2.75, 3.05) is 25.0 Å². The van der Waals surface area contributed by atoms with Gasteiger partial charge in [0.2, 0.25) is 18.6 Å². The van der Waals surface area contributed by atoms with Gasteiger partial charge in [-0.3, -0.25) is 14.4 Å². The standard InChI is InChI=1S/C16H19NO8.C6H14.C4H10N2O.C4H11N/c1-9(19)23-7-10-2-3-13(12(4-10)17-8-18)24-15-6-11(20)5-14(25-15)16(21)22;1-3-5-6-4-2;1-2-6-4(7)3-5;1-4(2)3-5/h2-4,8,11,14-15,20H,5-7H2,1H3,(H,17,18)(H,21,22);3-6H2,1-2H3;2-3,5H2,1H3,(H,6,7);4H,3,5H2,1-2H3. The van der Waals surface area contributed by atoms with E-state index < -0.39 is 30.4 Å². The van der Waals surface area contributed by atoms with Gasteiger partial charge in [-0.1, -0.05) is 59.4 Å². The van der Waals surface area contributed by atoms with Crippen LogP contribution in [0, 0.1) is 5.92 Å². The highest BCUT2D eigenvalue weighted by Crippen LogP contribution is 2.30. The third-order valence-electron chi connectivity index (χ3n) is 5.49. The lowest BCUT2D eigenvalue weighted by molar-refractivity contribution is -0.195. The molecule has 2 amide bonds. The molecule has 1 aliphatic rings. The second-order valence-electron chi connectivity index (χ2n) is 10.0. The predicted octanol–water partition coefficient (Wildman–Crippen LogP) is 2.92. The number of aliphatic carboxylic acids is 1. The summed E-state index contributed by atoms with van der Waals surface area (Å²) in [5, 5.41) is 23.8. The highest BCUT2D eigenvalue weighted by Gasteiger charge is 2.34. The quantitative estimate of drug-likeness (QED) is 0.108. The number of aliphatic hydroxyl groups excluding tert-OH is 1. The number of carboxylic acids is 1. The lowest BCUT2D eigenvalue weighted by Crippen LogP contribution is -2.42. The minimum atomic E-state index is -1.18. The van der Waals surface area contributed by atoms with Gasteiger partial charge in [-0.25, -0.2) is 4.79 Å². The molecule has 0 aliphatic carbocycles. The zero-order valence-corrected chi connectivity index (χ0v) is 26.6. The second-order valence-corrected chi connectivity index (χ2v) is 10.0. The van der Waals surface area contributed by atoms with Crippen LogP contribution in [-0.2, 0) is 35.3 Å². The van der Waals surface area contributed by atoms with Gasteiger partial charge in [0.05, 0.1) is 18.3 Å². The van der Waals surface area contributed by atoms with Gasteiger partial charge in [0, 0.05) is 26.3 Å². The number of carbonyl (C=O) groups excluding carboxylic acids is 3. The summed E-state index contributed by atoms with van der Waals surface area (Å²) in [4.78, 5) is 42.9. The van der Waals surface area contributed by atoms with E-state index in [0.29, 0.717) is 30.1 Å². The van der Waals surface area contributed by atoms with Crippen LogP contribution in [0.5, 0.6) is 5.75 Å². The zero-order valence-electron chi connectivity index (χ0n) is 26.6. The van der Waals surface area contributed by atoms with Crippen molar-refractivity contribution >= 4 is 29.9 Å². The first-order chi connectivity index (χ1) is 20.4. The van der Waals surface area contributed by atoms with Crippen LogP contribution in [0.1, 0.15) is 85.6 Å². The summed E-state index contributed by atoms with van der Waals surface area (Å²) in [7, 11) is 0. The van der Waals surface area contributed by atoms with Gasteiger partial charge in [-0.2, -0.15) is 0 Å². The molecule has 0 radical (unpaired) electrons. The zero-order chi connectivity index (χ0) is 33.2. The largest absolute Gasteiger partial charge is 0.479 e. The van der Waals surface area contributed by atoms with Crippen LogP contribution in [0.25, 0.3) is 0 Å². The number of rotatable bonds is 13. The molecule has 0 saturated carbocycles. The maximum absolute atomic E-state index is 11.0. The molecule has 3 atom stereocenters. The Bertz CT molecular complexity index is 912. The maximum Gasteiger partial charge on any atom is 0.333 e. The Labute approximate surface area is 256 Å². The summed E-state index contributed by atoms with van der Waals surface area (Å²) in [6, 6.07) is 4.72. The number of carbonyl (C=O) groups is 4. The molecule has 0 spiro atoms. The Balaban J connectivity index is 0. The van der Waals surface area contributed by atoms with E-state index in [2.05, 4.69) is 38.3 Å². The lowest BCUT2D eigenvalue weighted by Gasteiger charge is -2.31. The van der Waals surface area contributed by atoms with Crippen LogP contribution in [0.3, 0.4) is 0 Å². The molecule has 3 unspecified atom stereocenters. The van der Waals surface area contributed by atoms with Crippen molar-refractivity contribution in [1.82, 2.24) is 5.32 Å². The summed E-state index contributed by atoms with van der Waals surface area (Å²) in [6.45, 7) is 13.4. The van der Waals surface area contributed by atoms with Gasteiger partial charge in [0.25, 0.3) is 0 Å². The number of nitrogens with one attached hydrogen (secondary N) is 2. The average Bonchev–Trinajstić information content (AvgIpc) is 2.97. The number of unbranched alkanes of at least 4 members (excludes halogenated alkanes) is 3. The van der Waals surface area contributed by atoms with Crippen molar-refractivity contribution in [3.05, 3.63) is 23.8 Å². The van der Waals surface area contributed by atoms with Crippen molar-refractivity contribution in [1.29, 1.82) is 0 Å². The number of anilines is 1. The smallest absolute Gasteiger partial charge is 0.333 e. The molecule has 1 aromatic rings. The van der Waals surface area contributed by atoms with E-state index in [-0.39, 0.29) is 37.6 Å². The topological polar surface area (TPSA) is 213 Å². The first-order valence-corrected chi connectivity index (χ1v) is 14.7. The van der Waals surface area contributed by atoms with Gasteiger partial charge >= 0.3 is 11.9 Å². The van der Waals surface area contributed by atoms with E-state index in [0.717, 1.165) is 6.54 Å². The molecule has 0 aromatic heterocycles. The summed E-state index contributed by atoms with van der Waals surface area (Å²) < 4.78 is 15.8. The van der Waals surface area contributed by atoms with Crippen molar-refractivity contribution in [2.24, 2.45) is 17.4 Å². The summed E-state index contributed by atoms with van der Waals surface area (Å²) >= 11 is 0. The van der Waals surface area contributed by atoms with E-state index >= 15 is 0 Å². The van der Waals surface area contributed by atoms with E-state index in [9.17, 15) is 24.3 Å². The number of amides is 2. The van der Waals surface area contributed by atoms with Crippen LogP contribution >= 0.6 is 0 Å². The van der Waals surface area contributed by atoms with Crippen LogP contribution < -0.4 is 26.8 Å². The van der Waals surface area contributed by atoms with Crippen molar-refractivity contribution in [3.63, 3.8) is 0 Å². The number of hydrogen-bond acceptors (Lipinski definition) is 10. The number of aliphatic hydroxyl groups is 1. The lowest BCUT2D eigenvalue weighted by atomic mass is 10.1. The molecular weight excluding hydrogens is 560 g/mol. The molecule has 43 heavy (non-hydrogen) atoms. The maximum atomic E-state index is 11.0. The Morgan fingerprint density at radius 1 is 1.12 bits per heavy atom. The first-order valence-electron chi connectivity index (χ1n) is 14.7. The number of likely N-dealkylation sites (N-methyl/N-ethyl adjacent to an activating group) is 1. The van der Waals surface area contributed by atoms with Crippen LogP contribution in [0.2, 0.25) is 0 Å². The van der Waals surface area contributed by atoms with Crippen LogP contribution in [0.4, 0.5) is 5.69 Å². The second kappa shape index (κ2) is 26.4. The normalized spacial score (nSPS) is 16.9. The summed E-state index contributed by atoms with van der Waals surface area (Å²) in [5.41, 5.74) is 11.0. The number of ether oxygens (including phenoxy) is 3. The van der Waals surface area contributed by atoms with Crippen LogP contribution in [0.15, 0.2) is 18.2 Å². The van der Waals surface area contributed by atoms with Gasteiger partial charge in [-0.05, 0) is 37.1 Å². The van der Waals surface area contributed by atoms with E-state index in [1.165, 1.54) is 38.7 Å². The third-order valence-corrected chi connectivity index (χ3v) is 5.49. The number of esters is 1. The molecule has 1 fully saturated rings. The monoisotopic (exact) mass is 614 g/mol. The van der Waals surface area contributed by atoms with Crippen molar-refractivity contribution < 1.29 is 43.6 Å². The van der Waals surface area contributed by atoms with Gasteiger partial charge in [-0.15, -0.1) is 0 Å². The molecule has 1 aromatic carbocycles. The number of hydrogen-bond donors (Lipinski definition) is 6. The van der Waals surface area contributed by atoms with Crippen molar-refractivity contribution in [2.45, 2.75) is 105 Å². The summed E-state index contributed by atoms with van der Waals surface area (Å²) in [5.74, 6) is -0.815. The molecule has 8 N–H and O–H groups in total. The van der Waals surface area contributed by atoms with Gasteiger partial charge < -0.3 is 46.5 Å². The minimum Gasteiger partial charge on any atom is -0.479 e. The van der Waals surface area contributed by atoms with E-state index in [1.54, 1.807) is 12.1 Å². The Morgan fingerprint density at radius 2 is 1.72 bits per heavy atom. The third kappa shape index (κ3) is 22.9. The number of benzene rings is 1. The molecule has 1 saturated heterocycles. The average molecular weight is 615 g/mol. The minimum absolute atomic E-state index is 0.0179. The predicted molar refractivity (Wildman–Crippen MR) is 165 cm³/mol. The molecule has 248 valence electrons. The SMILES string of the molecule is CC(=O)OCc1ccc(OC2CC(O)CC(C(=O)O)O2)c(NC=O)c1.CC(C)CN.CCCCCC.CCNC(=O)CN. The Morgan fingerprint density at radius 3 is 2.14 bits per heavy atom. The molecule has 1 heterocycles. The number of carboxylic acid groups (broad SMARTS) is 1. The van der Waals surface area contributed by atoms with Gasteiger partial charge in [0.15, 0.2) is 6.10 Å². The van der Waals surface area contributed by atoms with E-state index in [4.69, 9.17) is 30.8 Å². The van der Waals surface area contributed by atoms with E-state index in [1.807, 2.05) is 6.92 Å². The highest BCUT2D eigenvalue weighted by atomic mass is 16.7. The number of nitrogens with two attached hydrogens (primary N) is 2. The fraction of sp³-hybridized carbons (Fsp3) is 0.667. The van der Waals surface area contributed by atoms with Crippen molar-refractivity contribution in [3.8, 4) is 5.75 Å². The molecule has 13 heteroatoms. The molecule has 1 aliphatic heterocycles. The molecule has 13 nitrogen and oxygen atoms in total. The Hall–Kier alpha value is -3.26. The Kier molecular flexibility index (Phi) is 25.7. The fourth-order valence-corrected chi connectivity index (χ4v) is 3.14. The van der Waals surface area contributed by atoms with Crippen LogP contribution in [-0.4, -0.2) is 72.6 Å². The first kappa shape index (κ1) is 41.9. The fourth-order valence-electron chi connectivity index (χ4n) is 3.14. The van der Waals surface area contributed by atoms with Gasteiger partial charge in [0.1, 0.15) is 12.4 Å².